The molecule has 2 heterocycles. The number of aromatic nitrogens is 1. The zero-order valence-electron chi connectivity index (χ0n) is 12.5. The molecule has 0 saturated carbocycles. The van der Waals surface area contributed by atoms with Crippen molar-refractivity contribution in [3.05, 3.63) is 78.5 Å². The molecule has 1 aromatic heterocycles. The number of anilines is 4. The Hall–Kier alpha value is -2.81. The number of hydrogen-bond donors (Lipinski definition) is 0. The van der Waals surface area contributed by atoms with Crippen molar-refractivity contribution in [2.24, 2.45) is 0 Å². The Morgan fingerprint density at radius 1 is 0.773 bits per heavy atom. The summed E-state index contributed by atoms with van der Waals surface area (Å²) in [7, 11) is 0. The molecule has 0 fully saturated rings. The molecule has 0 bridgehead atoms. The van der Waals surface area contributed by atoms with Crippen LogP contribution in [0.3, 0.4) is 0 Å². The fourth-order valence-corrected chi connectivity index (χ4v) is 2.98. The molecule has 0 aliphatic carbocycles. The van der Waals surface area contributed by atoms with Gasteiger partial charge in [-0.3, -0.25) is 0 Å². The van der Waals surface area contributed by atoms with E-state index in [-0.39, 0.29) is 0 Å². The Labute approximate surface area is 130 Å². The van der Waals surface area contributed by atoms with Crippen LogP contribution >= 0.6 is 0 Å². The van der Waals surface area contributed by atoms with Gasteiger partial charge in [0.15, 0.2) is 5.82 Å². The molecule has 0 amide bonds. The van der Waals surface area contributed by atoms with Crippen molar-refractivity contribution in [2.45, 2.75) is 6.92 Å². The van der Waals surface area contributed by atoms with E-state index < -0.39 is 0 Å². The minimum Gasteiger partial charge on any atom is -0.320 e. The summed E-state index contributed by atoms with van der Waals surface area (Å²) in [6, 6.07) is 23.0. The highest BCUT2D eigenvalue weighted by molar-refractivity contribution is 5.84. The van der Waals surface area contributed by atoms with Gasteiger partial charge in [0.05, 0.1) is 5.69 Å². The summed E-state index contributed by atoms with van der Waals surface area (Å²) in [5.41, 5.74) is 4.81. The van der Waals surface area contributed by atoms with Gasteiger partial charge < -0.3 is 9.80 Å². The van der Waals surface area contributed by atoms with Crippen LogP contribution in [0.15, 0.2) is 72.9 Å². The van der Waals surface area contributed by atoms with Crippen molar-refractivity contribution < 1.29 is 0 Å². The second kappa shape index (κ2) is 5.19. The van der Waals surface area contributed by atoms with Crippen molar-refractivity contribution in [1.29, 1.82) is 0 Å². The van der Waals surface area contributed by atoms with Crippen LogP contribution < -0.4 is 9.80 Å². The molecule has 4 rings (SSSR count). The first-order chi connectivity index (χ1) is 10.8. The van der Waals surface area contributed by atoms with Crippen LogP contribution in [0, 0.1) is 6.92 Å². The van der Waals surface area contributed by atoms with Crippen molar-refractivity contribution >= 4 is 22.9 Å². The third-order valence-electron chi connectivity index (χ3n) is 4.07. The molecule has 1 aliphatic rings. The summed E-state index contributed by atoms with van der Waals surface area (Å²) in [5.74, 6) is 1.01. The highest BCUT2D eigenvalue weighted by atomic mass is 15.4. The predicted molar refractivity (Wildman–Crippen MR) is 91.0 cm³/mol. The fourth-order valence-electron chi connectivity index (χ4n) is 2.98. The molecule has 22 heavy (non-hydrogen) atoms. The Kier molecular flexibility index (Phi) is 3.04. The number of para-hydroxylation sites is 2. The van der Waals surface area contributed by atoms with Gasteiger partial charge in [-0.15, -0.1) is 0 Å². The van der Waals surface area contributed by atoms with Crippen LogP contribution in [0.25, 0.3) is 0 Å². The summed E-state index contributed by atoms with van der Waals surface area (Å²) in [4.78, 5) is 9.19. The van der Waals surface area contributed by atoms with Crippen molar-refractivity contribution in [3.63, 3.8) is 0 Å². The molecular formula is C19H17N3. The van der Waals surface area contributed by atoms with Gasteiger partial charge in [0.1, 0.15) is 6.67 Å². The van der Waals surface area contributed by atoms with E-state index >= 15 is 0 Å². The first kappa shape index (κ1) is 12.9. The van der Waals surface area contributed by atoms with Crippen LogP contribution in [-0.4, -0.2) is 11.7 Å². The van der Waals surface area contributed by atoms with E-state index in [1.54, 1.807) is 0 Å². The number of rotatable bonds is 2. The standard InChI is InChI=1S/C19H17N3/c1-15-8-5-6-11-17(15)22-14-21(16-9-3-2-4-10-16)18-12-7-13-20-19(18)22/h2-13H,14H2,1H3. The monoisotopic (exact) mass is 287 g/mol. The van der Waals surface area contributed by atoms with Crippen molar-refractivity contribution in [2.75, 3.05) is 16.5 Å². The number of aryl methyl sites for hydroxylation is 1. The third-order valence-corrected chi connectivity index (χ3v) is 4.07. The van der Waals surface area contributed by atoms with Crippen molar-refractivity contribution in [1.82, 2.24) is 4.98 Å². The van der Waals surface area contributed by atoms with E-state index in [9.17, 15) is 0 Å². The Morgan fingerprint density at radius 3 is 2.32 bits per heavy atom. The van der Waals surface area contributed by atoms with Gasteiger partial charge in [-0.05, 0) is 42.8 Å². The Morgan fingerprint density at radius 2 is 1.50 bits per heavy atom. The van der Waals surface area contributed by atoms with Crippen molar-refractivity contribution in [3.8, 4) is 0 Å². The molecule has 2 aromatic carbocycles. The molecule has 3 nitrogen and oxygen atoms in total. The highest BCUT2D eigenvalue weighted by Crippen LogP contribution is 2.42. The molecule has 3 aromatic rings. The maximum atomic E-state index is 4.62. The Bertz CT molecular complexity index is 799. The molecule has 1 aliphatic heterocycles. The average Bonchev–Trinajstić information content (AvgIpc) is 2.96. The number of benzene rings is 2. The van der Waals surface area contributed by atoms with Gasteiger partial charge in [0.2, 0.25) is 0 Å². The predicted octanol–water partition coefficient (Wildman–Crippen LogP) is 4.64. The van der Waals surface area contributed by atoms with E-state index in [2.05, 4.69) is 76.3 Å². The quantitative estimate of drug-likeness (QED) is 0.684. The molecule has 0 N–H and O–H groups in total. The first-order valence-corrected chi connectivity index (χ1v) is 7.45. The van der Waals surface area contributed by atoms with E-state index in [1.807, 2.05) is 18.3 Å². The van der Waals surface area contributed by atoms with Gasteiger partial charge >= 0.3 is 0 Å². The highest BCUT2D eigenvalue weighted by Gasteiger charge is 2.29. The van der Waals surface area contributed by atoms with Crippen LogP contribution in [0.1, 0.15) is 5.56 Å². The van der Waals surface area contributed by atoms with E-state index in [1.165, 1.54) is 16.9 Å². The zero-order chi connectivity index (χ0) is 14.9. The second-order valence-electron chi connectivity index (χ2n) is 5.47. The Balaban J connectivity index is 1.83. The lowest BCUT2D eigenvalue weighted by atomic mass is 10.2. The molecule has 0 radical (unpaired) electrons. The summed E-state index contributed by atoms with van der Waals surface area (Å²) in [5, 5.41) is 0. The van der Waals surface area contributed by atoms with Gasteiger partial charge in [-0.25, -0.2) is 4.98 Å². The van der Waals surface area contributed by atoms with Crippen LogP contribution in [0.5, 0.6) is 0 Å². The number of fused-ring (bicyclic) bond motifs is 1. The zero-order valence-corrected chi connectivity index (χ0v) is 12.5. The molecule has 0 saturated heterocycles. The maximum absolute atomic E-state index is 4.62. The van der Waals surface area contributed by atoms with E-state index in [4.69, 9.17) is 0 Å². The lowest BCUT2D eigenvalue weighted by molar-refractivity contribution is 0.976. The minimum absolute atomic E-state index is 0.779. The lowest BCUT2D eigenvalue weighted by Gasteiger charge is -2.22. The number of pyridine rings is 1. The van der Waals surface area contributed by atoms with Crippen LogP contribution in [0.4, 0.5) is 22.9 Å². The van der Waals surface area contributed by atoms with Gasteiger partial charge in [0.25, 0.3) is 0 Å². The average molecular weight is 287 g/mol. The fraction of sp³-hybridized carbons (Fsp3) is 0.105. The lowest BCUT2D eigenvalue weighted by Crippen LogP contribution is -2.24. The first-order valence-electron chi connectivity index (χ1n) is 7.45. The minimum atomic E-state index is 0.779. The molecule has 3 heteroatoms. The molecule has 0 spiro atoms. The summed E-state index contributed by atoms with van der Waals surface area (Å²) in [6.07, 6.45) is 1.86. The van der Waals surface area contributed by atoms with E-state index in [0.29, 0.717) is 0 Å². The summed E-state index contributed by atoms with van der Waals surface area (Å²) < 4.78 is 0. The van der Waals surface area contributed by atoms with Gasteiger partial charge in [0, 0.05) is 17.6 Å². The van der Waals surface area contributed by atoms with Crippen LogP contribution in [-0.2, 0) is 0 Å². The van der Waals surface area contributed by atoms with Gasteiger partial charge in [-0.1, -0.05) is 36.4 Å². The smallest absolute Gasteiger partial charge is 0.158 e. The van der Waals surface area contributed by atoms with Gasteiger partial charge in [-0.2, -0.15) is 0 Å². The summed E-state index contributed by atoms with van der Waals surface area (Å²) >= 11 is 0. The molecule has 0 unspecified atom stereocenters. The molecule has 0 atom stereocenters. The molecular weight excluding hydrogens is 270 g/mol. The summed E-state index contributed by atoms with van der Waals surface area (Å²) in [6.45, 7) is 2.92. The largest absolute Gasteiger partial charge is 0.320 e. The van der Waals surface area contributed by atoms with Crippen LogP contribution in [0.2, 0.25) is 0 Å². The van der Waals surface area contributed by atoms with E-state index in [0.717, 1.165) is 18.2 Å². The topological polar surface area (TPSA) is 19.4 Å². The molecule has 108 valence electrons. The SMILES string of the molecule is Cc1ccccc1N1CN(c2ccccc2)c2cccnc21. The number of hydrogen-bond acceptors (Lipinski definition) is 3. The number of nitrogens with zero attached hydrogens (tertiary/aromatic N) is 3. The normalized spacial score (nSPS) is 13.3. The third kappa shape index (κ3) is 2.02. The maximum Gasteiger partial charge on any atom is 0.158 e. The second-order valence-corrected chi connectivity index (χ2v) is 5.47.